The molecule has 104 valence electrons. The standard InChI is InChI=1S/C15H29N3/c1-16-12-9-13-5-3-6-14(10-12)18(13)11-15-7-4-8-17(15)2/h12-16H,3-11H2,1-2H3. The molecule has 0 aromatic rings. The molecule has 3 nitrogen and oxygen atoms in total. The van der Waals surface area contributed by atoms with Gasteiger partial charge >= 0.3 is 0 Å². The van der Waals surface area contributed by atoms with Crippen LogP contribution >= 0.6 is 0 Å². The first-order chi connectivity index (χ1) is 8.78. The minimum atomic E-state index is 0.776. The Morgan fingerprint density at radius 2 is 1.78 bits per heavy atom. The summed E-state index contributed by atoms with van der Waals surface area (Å²) in [5.41, 5.74) is 0. The SMILES string of the molecule is CNC1CC2CCCC(C1)N2CC1CCCN1C. The van der Waals surface area contributed by atoms with Crippen molar-refractivity contribution < 1.29 is 0 Å². The average Bonchev–Trinajstić information content (AvgIpc) is 2.75. The zero-order valence-corrected chi connectivity index (χ0v) is 12.1. The van der Waals surface area contributed by atoms with Gasteiger partial charge in [0, 0.05) is 30.7 Å². The van der Waals surface area contributed by atoms with Gasteiger partial charge in [-0.05, 0) is 59.2 Å². The fourth-order valence-electron chi connectivity index (χ4n) is 4.47. The van der Waals surface area contributed by atoms with E-state index in [0.29, 0.717) is 0 Å². The van der Waals surface area contributed by atoms with E-state index in [2.05, 4.69) is 29.2 Å². The molecule has 18 heavy (non-hydrogen) atoms. The van der Waals surface area contributed by atoms with Crippen LogP contribution in [0.15, 0.2) is 0 Å². The second-order valence-corrected chi connectivity index (χ2v) is 6.67. The van der Waals surface area contributed by atoms with Gasteiger partial charge in [-0.1, -0.05) is 6.42 Å². The van der Waals surface area contributed by atoms with Crippen LogP contribution in [0.5, 0.6) is 0 Å². The van der Waals surface area contributed by atoms with Crippen LogP contribution in [0.2, 0.25) is 0 Å². The summed E-state index contributed by atoms with van der Waals surface area (Å²) < 4.78 is 0. The van der Waals surface area contributed by atoms with Gasteiger partial charge in [0.05, 0.1) is 0 Å². The molecular formula is C15H29N3. The molecular weight excluding hydrogens is 222 g/mol. The minimum absolute atomic E-state index is 0.776. The van der Waals surface area contributed by atoms with E-state index >= 15 is 0 Å². The molecule has 1 N–H and O–H groups in total. The number of nitrogens with one attached hydrogen (secondary N) is 1. The smallest absolute Gasteiger partial charge is 0.0220 e. The van der Waals surface area contributed by atoms with Gasteiger partial charge in [0.25, 0.3) is 0 Å². The van der Waals surface area contributed by atoms with Crippen LogP contribution in [0.3, 0.4) is 0 Å². The lowest BCUT2D eigenvalue weighted by Crippen LogP contribution is -2.58. The fraction of sp³-hybridized carbons (Fsp3) is 1.00. The van der Waals surface area contributed by atoms with Gasteiger partial charge in [-0.25, -0.2) is 0 Å². The van der Waals surface area contributed by atoms with Crippen molar-refractivity contribution in [2.24, 2.45) is 0 Å². The van der Waals surface area contributed by atoms with Gasteiger partial charge < -0.3 is 10.2 Å². The first-order valence-electron chi connectivity index (χ1n) is 7.91. The maximum Gasteiger partial charge on any atom is 0.0220 e. The van der Waals surface area contributed by atoms with Crippen LogP contribution in [0.1, 0.15) is 44.9 Å². The van der Waals surface area contributed by atoms with Crippen LogP contribution in [0.4, 0.5) is 0 Å². The van der Waals surface area contributed by atoms with Crippen LogP contribution in [0, 0.1) is 0 Å². The highest BCUT2D eigenvalue weighted by Crippen LogP contribution is 2.35. The lowest BCUT2D eigenvalue weighted by molar-refractivity contribution is 0.0105. The zero-order chi connectivity index (χ0) is 12.5. The Kier molecular flexibility index (Phi) is 3.92. The van der Waals surface area contributed by atoms with Gasteiger partial charge in [0.2, 0.25) is 0 Å². The fourth-order valence-corrected chi connectivity index (χ4v) is 4.47. The molecule has 3 atom stereocenters. The van der Waals surface area contributed by atoms with Gasteiger partial charge in [0.15, 0.2) is 0 Å². The number of nitrogens with zero attached hydrogens (tertiary/aromatic N) is 2. The minimum Gasteiger partial charge on any atom is -0.317 e. The van der Waals surface area contributed by atoms with Crippen LogP contribution < -0.4 is 5.32 Å². The van der Waals surface area contributed by atoms with E-state index in [-0.39, 0.29) is 0 Å². The van der Waals surface area contributed by atoms with Crippen molar-refractivity contribution in [1.82, 2.24) is 15.1 Å². The quantitative estimate of drug-likeness (QED) is 0.823. The molecule has 0 amide bonds. The Hall–Kier alpha value is -0.120. The topological polar surface area (TPSA) is 18.5 Å². The highest BCUT2D eigenvalue weighted by atomic mass is 15.3. The summed E-state index contributed by atoms with van der Waals surface area (Å²) in [4.78, 5) is 5.46. The Balaban J connectivity index is 1.64. The third kappa shape index (κ3) is 2.45. The molecule has 0 saturated carbocycles. The van der Waals surface area contributed by atoms with Gasteiger partial charge in [-0.15, -0.1) is 0 Å². The summed E-state index contributed by atoms with van der Waals surface area (Å²) in [6.45, 7) is 2.65. The largest absolute Gasteiger partial charge is 0.317 e. The van der Waals surface area contributed by atoms with E-state index in [1.165, 1.54) is 58.0 Å². The van der Waals surface area contributed by atoms with Crippen molar-refractivity contribution in [2.75, 3.05) is 27.2 Å². The van der Waals surface area contributed by atoms with Crippen LogP contribution in [-0.4, -0.2) is 61.2 Å². The third-order valence-corrected chi connectivity index (χ3v) is 5.63. The zero-order valence-electron chi connectivity index (χ0n) is 12.1. The monoisotopic (exact) mass is 251 g/mol. The molecule has 3 heteroatoms. The number of hydrogen-bond donors (Lipinski definition) is 1. The normalized spacial score (nSPS) is 42.3. The van der Waals surface area contributed by atoms with Crippen molar-refractivity contribution >= 4 is 0 Å². The van der Waals surface area contributed by atoms with Crippen molar-refractivity contribution in [3.8, 4) is 0 Å². The van der Waals surface area contributed by atoms with Crippen molar-refractivity contribution in [1.29, 1.82) is 0 Å². The molecule has 0 aromatic heterocycles. The molecule has 0 aromatic carbocycles. The number of piperidine rings is 2. The second-order valence-electron chi connectivity index (χ2n) is 6.67. The third-order valence-electron chi connectivity index (χ3n) is 5.63. The summed E-state index contributed by atoms with van der Waals surface area (Å²) in [6, 6.07) is 3.34. The number of hydrogen-bond acceptors (Lipinski definition) is 3. The Morgan fingerprint density at radius 1 is 1.06 bits per heavy atom. The molecule has 3 aliphatic heterocycles. The lowest BCUT2D eigenvalue weighted by atomic mass is 9.81. The first-order valence-corrected chi connectivity index (χ1v) is 7.91. The van der Waals surface area contributed by atoms with E-state index in [9.17, 15) is 0 Å². The maximum atomic E-state index is 3.52. The molecule has 2 bridgehead atoms. The van der Waals surface area contributed by atoms with Gasteiger partial charge in [-0.3, -0.25) is 4.90 Å². The Morgan fingerprint density at radius 3 is 2.33 bits per heavy atom. The molecule has 3 heterocycles. The summed E-state index contributed by atoms with van der Waals surface area (Å²) in [7, 11) is 4.45. The predicted molar refractivity (Wildman–Crippen MR) is 75.9 cm³/mol. The van der Waals surface area contributed by atoms with E-state index in [0.717, 1.165) is 24.2 Å². The van der Waals surface area contributed by atoms with E-state index < -0.39 is 0 Å². The summed E-state index contributed by atoms with van der Waals surface area (Å²) >= 11 is 0. The molecule has 3 unspecified atom stereocenters. The average molecular weight is 251 g/mol. The van der Waals surface area contributed by atoms with Crippen LogP contribution in [0.25, 0.3) is 0 Å². The van der Waals surface area contributed by atoms with Crippen molar-refractivity contribution in [2.45, 2.75) is 69.1 Å². The number of likely N-dealkylation sites (tertiary alicyclic amines) is 1. The summed E-state index contributed by atoms with van der Waals surface area (Å²) in [5.74, 6) is 0. The Bertz CT molecular complexity index is 267. The maximum absolute atomic E-state index is 3.52. The highest BCUT2D eigenvalue weighted by molar-refractivity contribution is 4.96. The van der Waals surface area contributed by atoms with E-state index in [4.69, 9.17) is 0 Å². The highest BCUT2D eigenvalue weighted by Gasteiger charge is 2.39. The Labute approximate surface area is 112 Å². The molecule has 3 saturated heterocycles. The summed E-state index contributed by atoms with van der Waals surface area (Å²) in [6.07, 6.45) is 9.91. The molecule has 3 aliphatic rings. The number of rotatable bonds is 3. The first kappa shape index (κ1) is 12.9. The van der Waals surface area contributed by atoms with E-state index in [1.807, 2.05) is 0 Å². The van der Waals surface area contributed by atoms with Crippen LogP contribution in [-0.2, 0) is 0 Å². The molecule has 3 fully saturated rings. The summed E-state index contributed by atoms with van der Waals surface area (Å²) in [5, 5.41) is 3.52. The van der Waals surface area contributed by atoms with Crippen molar-refractivity contribution in [3.05, 3.63) is 0 Å². The number of fused-ring (bicyclic) bond motifs is 2. The lowest BCUT2D eigenvalue weighted by Gasteiger charge is -2.50. The molecule has 0 radical (unpaired) electrons. The molecule has 0 spiro atoms. The van der Waals surface area contributed by atoms with Gasteiger partial charge in [-0.2, -0.15) is 0 Å². The second kappa shape index (κ2) is 5.48. The predicted octanol–water partition coefficient (Wildman–Crippen LogP) is 1.69. The van der Waals surface area contributed by atoms with Crippen molar-refractivity contribution in [3.63, 3.8) is 0 Å². The molecule has 0 aliphatic carbocycles. The van der Waals surface area contributed by atoms with E-state index in [1.54, 1.807) is 0 Å². The van der Waals surface area contributed by atoms with Gasteiger partial charge in [0.1, 0.15) is 0 Å². The molecule has 3 rings (SSSR count). The number of likely N-dealkylation sites (N-methyl/N-ethyl adjacent to an activating group) is 1.